The Kier molecular flexibility index (Phi) is 6.75. The summed E-state index contributed by atoms with van der Waals surface area (Å²) in [4.78, 5) is 13.1. The van der Waals surface area contributed by atoms with Gasteiger partial charge in [-0.1, -0.05) is 13.3 Å². The number of hydrogen-bond acceptors (Lipinski definition) is 3. The molecule has 1 rings (SSSR count). The predicted octanol–water partition coefficient (Wildman–Crippen LogP) is 1.36. The molecular formula is C13H24F3N3O. The Morgan fingerprint density at radius 2 is 2.20 bits per heavy atom. The normalized spacial score (nSPS) is 21.9. The van der Waals surface area contributed by atoms with E-state index in [1.54, 1.807) is 0 Å². The number of carbonyl (C=O) groups excluding carboxylic acids is 1. The number of nitrogens with two attached hydrogens (primary N) is 1. The zero-order valence-corrected chi connectivity index (χ0v) is 11.9. The van der Waals surface area contributed by atoms with E-state index in [0.717, 1.165) is 6.42 Å². The quantitative estimate of drug-likeness (QED) is 0.745. The van der Waals surface area contributed by atoms with Crippen LogP contribution in [0.1, 0.15) is 26.2 Å². The van der Waals surface area contributed by atoms with Crippen molar-refractivity contribution in [3.63, 3.8) is 0 Å². The lowest BCUT2D eigenvalue weighted by molar-refractivity contribution is -0.143. The summed E-state index contributed by atoms with van der Waals surface area (Å²) >= 11 is 0. The van der Waals surface area contributed by atoms with E-state index in [0.29, 0.717) is 39.0 Å². The first-order valence-electron chi connectivity index (χ1n) is 7.10. The molecule has 20 heavy (non-hydrogen) atoms. The van der Waals surface area contributed by atoms with E-state index in [-0.39, 0.29) is 17.7 Å². The van der Waals surface area contributed by atoms with Gasteiger partial charge in [-0.25, -0.2) is 0 Å². The number of nitrogens with zero attached hydrogens (tertiary/aromatic N) is 1. The number of nitrogens with one attached hydrogen (secondary N) is 1. The summed E-state index contributed by atoms with van der Waals surface area (Å²) in [6.45, 7) is 2.90. The molecule has 4 nitrogen and oxygen atoms in total. The SMILES string of the molecule is CCC(CN)CC(=O)NCC1CCN(CC(F)(F)F)C1. The highest BCUT2D eigenvalue weighted by atomic mass is 19.4. The molecule has 1 heterocycles. The van der Waals surface area contributed by atoms with E-state index in [2.05, 4.69) is 5.32 Å². The number of hydrogen-bond donors (Lipinski definition) is 2. The first kappa shape index (κ1) is 17.2. The third kappa shape index (κ3) is 6.56. The third-order valence-corrected chi connectivity index (χ3v) is 3.75. The number of alkyl halides is 3. The average molecular weight is 295 g/mol. The lowest BCUT2D eigenvalue weighted by atomic mass is 10.0. The largest absolute Gasteiger partial charge is 0.401 e. The van der Waals surface area contributed by atoms with E-state index in [9.17, 15) is 18.0 Å². The summed E-state index contributed by atoms with van der Waals surface area (Å²) in [5.41, 5.74) is 5.53. The minimum Gasteiger partial charge on any atom is -0.356 e. The molecule has 1 aliphatic rings. The van der Waals surface area contributed by atoms with Crippen molar-refractivity contribution < 1.29 is 18.0 Å². The van der Waals surface area contributed by atoms with Crippen molar-refractivity contribution in [1.29, 1.82) is 0 Å². The minimum atomic E-state index is -4.15. The van der Waals surface area contributed by atoms with Crippen molar-refractivity contribution in [2.24, 2.45) is 17.6 Å². The van der Waals surface area contributed by atoms with Crippen LogP contribution in [-0.2, 0) is 4.79 Å². The molecule has 0 aliphatic carbocycles. The van der Waals surface area contributed by atoms with Gasteiger partial charge in [0, 0.05) is 19.5 Å². The van der Waals surface area contributed by atoms with Crippen LogP contribution in [0.2, 0.25) is 0 Å². The van der Waals surface area contributed by atoms with Crippen molar-refractivity contribution in [2.45, 2.75) is 32.4 Å². The first-order valence-corrected chi connectivity index (χ1v) is 7.10. The fourth-order valence-corrected chi connectivity index (χ4v) is 2.46. The van der Waals surface area contributed by atoms with E-state index >= 15 is 0 Å². The third-order valence-electron chi connectivity index (χ3n) is 3.75. The van der Waals surface area contributed by atoms with E-state index in [4.69, 9.17) is 5.73 Å². The van der Waals surface area contributed by atoms with Gasteiger partial charge in [-0.2, -0.15) is 13.2 Å². The average Bonchev–Trinajstić information content (AvgIpc) is 2.78. The zero-order valence-electron chi connectivity index (χ0n) is 11.9. The summed E-state index contributed by atoms with van der Waals surface area (Å²) in [6, 6.07) is 0. The zero-order chi connectivity index (χ0) is 15.2. The van der Waals surface area contributed by atoms with Gasteiger partial charge in [-0.05, 0) is 31.3 Å². The Hall–Kier alpha value is -0.820. The Balaban J connectivity index is 2.22. The number of halogens is 3. The number of amides is 1. The van der Waals surface area contributed by atoms with Crippen LogP contribution >= 0.6 is 0 Å². The smallest absolute Gasteiger partial charge is 0.356 e. The molecular weight excluding hydrogens is 271 g/mol. The van der Waals surface area contributed by atoms with Crippen LogP contribution in [0.3, 0.4) is 0 Å². The van der Waals surface area contributed by atoms with Gasteiger partial charge in [0.2, 0.25) is 5.91 Å². The molecule has 3 N–H and O–H groups in total. The van der Waals surface area contributed by atoms with Crippen LogP contribution < -0.4 is 11.1 Å². The molecule has 0 aromatic carbocycles. The van der Waals surface area contributed by atoms with Gasteiger partial charge < -0.3 is 11.1 Å². The molecule has 0 aromatic rings. The highest BCUT2D eigenvalue weighted by Gasteiger charge is 2.34. The van der Waals surface area contributed by atoms with Crippen LogP contribution in [-0.4, -0.2) is 49.7 Å². The minimum absolute atomic E-state index is 0.0587. The highest BCUT2D eigenvalue weighted by molar-refractivity contribution is 5.76. The van der Waals surface area contributed by atoms with Gasteiger partial charge in [0.25, 0.3) is 0 Å². The predicted molar refractivity (Wildman–Crippen MR) is 71.1 cm³/mol. The topological polar surface area (TPSA) is 58.4 Å². The Morgan fingerprint density at radius 1 is 1.50 bits per heavy atom. The molecule has 2 unspecified atom stereocenters. The lowest BCUT2D eigenvalue weighted by Crippen LogP contribution is -2.35. The van der Waals surface area contributed by atoms with Crippen LogP contribution in [0.15, 0.2) is 0 Å². The fraction of sp³-hybridized carbons (Fsp3) is 0.923. The van der Waals surface area contributed by atoms with Crippen molar-refractivity contribution in [3.8, 4) is 0 Å². The van der Waals surface area contributed by atoms with Gasteiger partial charge >= 0.3 is 6.18 Å². The molecule has 0 saturated carbocycles. The summed E-state index contributed by atoms with van der Waals surface area (Å²) in [5.74, 6) is 0.233. The van der Waals surface area contributed by atoms with E-state index < -0.39 is 12.7 Å². The van der Waals surface area contributed by atoms with Gasteiger partial charge in [-0.15, -0.1) is 0 Å². The van der Waals surface area contributed by atoms with E-state index in [1.807, 2.05) is 6.92 Å². The lowest BCUT2D eigenvalue weighted by Gasteiger charge is -2.18. The summed E-state index contributed by atoms with van der Waals surface area (Å²) in [6.07, 6.45) is -2.20. The molecule has 1 fully saturated rings. The standard InChI is InChI=1S/C13H24F3N3O/c1-2-10(6-17)5-12(20)18-7-11-3-4-19(8-11)9-13(14,15)16/h10-11H,2-9,17H2,1H3,(H,18,20). The van der Waals surface area contributed by atoms with Crippen LogP contribution in [0, 0.1) is 11.8 Å². The maximum absolute atomic E-state index is 12.2. The van der Waals surface area contributed by atoms with Crippen molar-refractivity contribution >= 4 is 5.91 Å². The molecule has 0 spiro atoms. The van der Waals surface area contributed by atoms with E-state index in [1.165, 1.54) is 4.90 Å². The Labute approximate surface area is 117 Å². The fourth-order valence-electron chi connectivity index (χ4n) is 2.46. The number of likely N-dealkylation sites (tertiary alicyclic amines) is 1. The van der Waals surface area contributed by atoms with Crippen molar-refractivity contribution in [2.75, 3.05) is 32.7 Å². The maximum Gasteiger partial charge on any atom is 0.401 e. The second kappa shape index (κ2) is 7.83. The Morgan fingerprint density at radius 3 is 2.75 bits per heavy atom. The van der Waals surface area contributed by atoms with Gasteiger partial charge in [0.15, 0.2) is 0 Å². The highest BCUT2D eigenvalue weighted by Crippen LogP contribution is 2.22. The second-order valence-corrected chi connectivity index (χ2v) is 5.52. The van der Waals surface area contributed by atoms with Crippen LogP contribution in [0.5, 0.6) is 0 Å². The molecule has 118 valence electrons. The maximum atomic E-state index is 12.2. The van der Waals surface area contributed by atoms with Crippen molar-refractivity contribution in [1.82, 2.24) is 10.2 Å². The number of carbonyl (C=O) groups is 1. The summed E-state index contributed by atoms with van der Waals surface area (Å²) in [5, 5.41) is 2.80. The monoisotopic (exact) mass is 295 g/mol. The molecule has 1 aliphatic heterocycles. The molecule has 7 heteroatoms. The van der Waals surface area contributed by atoms with Crippen LogP contribution in [0.25, 0.3) is 0 Å². The Bertz CT molecular complexity index is 306. The molecule has 1 saturated heterocycles. The van der Waals surface area contributed by atoms with Gasteiger partial charge in [0.05, 0.1) is 6.54 Å². The molecule has 1 amide bonds. The summed E-state index contributed by atoms with van der Waals surface area (Å²) in [7, 11) is 0. The summed E-state index contributed by atoms with van der Waals surface area (Å²) < 4.78 is 36.7. The van der Waals surface area contributed by atoms with Gasteiger partial charge in [-0.3, -0.25) is 9.69 Å². The molecule has 0 bridgehead atoms. The first-order chi connectivity index (χ1) is 9.34. The molecule has 2 atom stereocenters. The van der Waals surface area contributed by atoms with Gasteiger partial charge in [0.1, 0.15) is 0 Å². The molecule has 0 aromatic heterocycles. The van der Waals surface area contributed by atoms with Crippen molar-refractivity contribution in [3.05, 3.63) is 0 Å². The number of rotatable bonds is 7. The van der Waals surface area contributed by atoms with Crippen LogP contribution in [0.4, 0.5) is 13.2 Å². The second-order valence-electron chi connectivity index (χ2n) is 5.52. The molecule has 0 radical (unpaired) electrons.